The Balaban J connectivity index is 1.45. The molecule has 0 saturated heterocycles. The standard InChI is InChI=1S/C17H16FN3OS/c18-12-5-1-4-8-15(12)23-10-9-17(22)19-11-16-20-13-6-2-3-7-14(13)21-16/h1-8H,9-11H2,(H,19,22)(H,20,21). The van der Waals surface area contributed by atoms with Crippen molar-refractivity contribution in [1.82, 2.24) is 15.3 Å². The molecule has 3 rings (SSSR count). The van der Waals surface area contributed by atoms with Gasteiger partial charge in [-0.05, 0) is 24.3 Å². The van der Waals surface area contributed by atoms with E-state index in [2.05, 4.69) is 15.3 Å². The average molecular weight is 329 g/mol. The van der Waals surface area contributed by atoms with Crippen LogP contribution in [0.15, 0.2) is 53.4 Å². The molecule has 0 fully saturated rings. The quantitative estimate of drug-likeness (QED) is 0.681. The number of fused-ring (bicyclic) bond motifs is 1. The first kappa shape index (κ1) is 15.6. The summed E-state index contributed by atoms with van der Waals surface area (Å²) < 4.78 is 13.5. The lowest BCUT2D eigenvalue weighted by molar-refractivity contribution is -0.120. The fraction of sp³-hybridized carbons (Fsp3) is 0.176. The van der Waals surface area contributed by atoms with Gasteiger partial charge in [-0.3, -0.25) is 4.79 Å². The highest BCUT2D eigenvalue weighted by Gasteiger charge is 2.06. The van der Waals surface area contributed by atoms with Crippen molar-refractivity contribution >= 4 is 28.7 Å². The summed E-state index contributed by atoms with van der Waals surface area (Å²) in [5.41, 5.74) is 1.83. The lowest BCUT2D eigenvalue weighted by Crippen LogP contribution is -2.23. The van der Waals surface area contributed by atoms with E-state index in [0.29, 0.717) is 23.6 Å². The first-order valence-electron chi connectivity index (χ1n) is 7.30. The lowest BCUT2D eigenvalue weighted by atomic mass is 10.3. The van der Waals surface area contributed by atoms with E-state index in [1.165, 1.54) is 17.8 Å². The molecule has 23 heavy (non-hydrogen) atoms. The van der Waals surface area contributed by atoms with E-state index in [0.717, 1.165) is 16.9 Å². The number of benzene rings is 2. The van der Waals surface area contributed by atoms with E-state index in [1.54, 1.807) is 18.2 Å². The first-order valence-corrected chi connectivity index (χ1v) is 8.28. The number of aromatic nitrogens is 2. The normalized spacial score (nSPS) is 10.8. The molecular weight excluding hydrogens is 313 g/mol. The maximum Gasteiger partial charge on any atom is 0.221 e. The number of hydrogen-bond acceptors (Lipinski definition) is 3. The Kier molecular flexibility index (Phi) is 4.92. The van der Waals surface area contributed by atoms with Gasteiger partial charge in [-0.1, -0.05) is 24.3 Å². The summed E-state index contributed by atoms with van der Waals surface area (Å²) in [4.78, 5) is 20.0. The number of imidazole rings is 1. The van der Waals surface area contributed by atoms with Crippen molar-refractivity contribution in [2.75, 3.05) is 5.75 Å². The van der Waals surface area contributed by atoms with Crippen LogP contribution in [-0.4, -0.2) is 21.6 Å². The van der Waals surface area contributed by atoms with Gasteiger partial charge in [0.1, 0.15) is 11.6 Å². The van der Waals surface area contributed by atoms with Crippen LogP contribution in [-0.2, 0) is 11.3 Å². The van der Waals surface area contributed by atoms with Crippen LogP contribution >= 0.6 is 11.8 Å². The van der Waals surface area contributed by atoms with Crippen molar-refractivity contribution in [3.63, 3.8) is 0 Å². The molecule has 0 radical (unpaired) electrons. The van der Waals surface area contributed by atoms with Crippen molar-refractivity contribution in [2.45, 2.75) is 17.9 Å². The third kappa shape index (κ3) is 4.10. The van der Waals surface area contributed by atoms with E-state index in [4.69, 9.17) is 0 Å². The molecule has 0 aliphatic rings. The van der Waals surface area contributed by atoms with E-state index in [1.807, 2.05) is 24.3 Å². The summed E-state index contributed by atoms with van der Waals surface area (Å²) in [7, 11) is 0. The lowest BCUT2D eigenvalue weighted by Gasteiger charge is -2.04. The van der Waals surface area contributed by atoms with Crippen molar-refractivity contribution in [2.24, 2.45) is 0 Å². The van der Waals surface area contributed by atoms with Crippen LogP contribution in [0.4, 0.5) is 4.39 Å². The molecule has 4 nitrogen and oxygen atoms in total. The molecule has 1 heterocycles. The minimum atomic E-state index is -0.250. The van der Waals surface area contributed by atoms with Gasteiger partial charge in [-0.2, -0.15) is 0 Å². The molecule has 0 bridgehead atoms. The average Bonchev–Trinajstić information content (AvgIpc) is 2.98. The van der Waals surface area contributed by atoms with Gasteiger partial charge >= 0.3 is 0 Å². The SMILES string of the molecule is O=C(CCSc1ccccc1F)NCc1nc2ccccc2[nH]1. The minimum Gasteiger partial charge on any atom is -0.349 e. The maximum atomic E-state index is 13.5. The van der Waals surface area contributed by atoms with Crippen LogP contribution in [0.1, 0.15) is 12.2 Å². The van der Waals surface area contributed by atoms with Crippen LogP contribution in [0, 0.1) is 5.82 Å². The number of para-hydroxylation sites is 2. The minimum absolute atomic E-state index is 0.0747. The Morgan fingerprint density at radius 3 is 2.78 bits per heavy atom. The van der Waals surface area contributed by atoms with Crippen molar-refractivity contribution < 1.29 is 9.18 Å². The summed E-state index contributed by atoms with van der Waals surface area (Å²) in [5, 5.41) is 2.82. The Labute approximate surface area is 137 Å². The number of halogens is 1. The molecule has 6 heteroatoms. The second-order valence-corrected chi connectivity index (χ2v) is 6.14. The number of aromatic amines is 1. The third-order valence-corrected chi connectivity index (χ3v) is 4.37. The molecule has 0 atom stereocenters. The number of nitrogens with one attached hydrogen (secondary N) is 2. The molecule has 0 saturated carbocycles. The van der Waals surface area contributed by atoms with Gasteiger partial charge in [0.25, 0.3) is 0 Å². The van der Waals surface area contributed by atoms with Gasteiger partial charge in [0.05, 0.1) is 17.6 Å². The Morgan fingerprint density at radius 1 is 1.17 bits per heavy atom. The van der Waals surface area contributed by atoms with Crippen LogP contribution in [0.2, 0.25) is 0 Å². The zero-order chi connectivity index (χ0) is 16.1. The fourth-order valence-corrected chi connectivity index (χ4v) is 3.06. The number of H-pyrrole nitrogens is 1. The molecule has 2 aromatic carbocycles. The van der Waals surface area contributed by atoms with Gasteiger partial charge in [-0.25, -0.2) is 9.37 Å². The number of amides is 1. The summed E-state index contributed by atoms with van der Waals surface area (Å²) in [6.07, 6.45) is 0.333. The van der Waals surface area contributed by atoms with Gasteiger partial charge in [0, 0.05) is 17.1 Å². The largest absolute Gasteiger partial charge is 0.349 e. The van der Waals surface area contributed by atoms with E-state index >= 15 is 0 Å². The van der Waals surface area contributed by atoms with Crippen LogP contribution in [0.3, 0.4) is 0 Å². The van der Waals surface area contributed by atoms with Gasteiger partial charge in [-0.15, -0.1) is 11.8 Å². The number of nitrogens with zero attached hydrogens (tertiary/aromatic N) is 1. The highest BCUT2D eigenvalue weighted by molar-refractivity contribution is 7.99. The van der Waals surface area contributed by atoms with E-state index in [-0.39, 0.29) is 11.7 Å². The summed E-state index contributed by atoms with van der Waals surface area (Å²) in [6, 6.07) is 14.3. The predicted molar refractivity (Wildman–Crippen MR) is 89.7 cm³/mol. The van der Waals surface area contributed by atoms with Crippen molar-refractivity contribution in [3.05, 3.63) is 60.2 Å². The number of rotatable bonds is 6. The van der Waals surface area contributed by atoms with Crippen LogP contribution in [0.25, 0.3) is 11.0 Å². The molecule has 1 amide bonds. The van der Waals surface area contributed by atoms with Gasteiger partial charge in [0.15, 0.2) is 0 Å². The fourth-order valence-electron chi connectivity index (χ4n) is 2.18. The van der Waals surface area contributed by atoms with Gasteiger partial charge < -0.3 is 10.3 Å². The van der Waals surface area contributed by atoms with Crippen LogP contribution in [0.5, 0.6) is 0 Å². The van der Waals surface area contributed by atoms with Crippen LogP contribution < -0.4 is 5.32 Å². The number of hydrogen-bond donors (Lipinski definition) is 2. The second kappa shape index (κ2) is 7.28. The molecule has 0 aliphatic carbocycles. The molecule has 0 aliphatic heterocycles. The van der Waals surface area contributed by atoms with Crippen molar-refractivity contribution in [1.29, 1.82) is 0 Å². The van der Waals surface area contributed by atoms with E-state index in [9.17, 15) is 9.18 Å². The first-order chi connectivity index (χ1) is 11.2. The summed E-state index contributed by atoms with van der Waals surface area (Å²) in [6.45, 7) is 0.359. The highest BCUT2D eigenvalue weighted by atomic mass is 32.2. The zero-order valence-electron chi connectivity index (χ0n) is 12.4. The second-order valence-electron chi connectivity index (χ2n) is 5.01. The topological polar surface area (TPSA) is 57.8 Å². The molecule has 2 N–H and O–H groups in total. The third-order valence-electron chi connectivity index (χ3n) is 3.31. The highest BCUT2D eigenvalue weighted by Crippen LogP contribution is 2.21. The number of thioether (sulfide) groups is 1. The number of carbonyl (C=O) groups is 1. The molecule has 1 aromatic heterocycles. The summed E-state index contributed by atoms with van der Waals surface area (Å²) >= 11 is 1.34. The maximum absolute atomic E-state index is 13.5. The Morgan fingerprint density at radius 2 is 1.96 bits per heavy atom. The Bertz CT molecular complexity index is 785. The van der Waals surface area contributed by atoms with Crippen molar-refractivity contribution in [3.8, 4) is 0 Å². The molecule has 0 unspecified atom stereocenters. The predicted octanol–water partition coefficient (Wildman–Crippen LogP) is 3.50. The number of carbonyl (C=O) groups excluding carboxylic acids is 1. The molecule has 3 aromatic rings. The molecule has 118 valence electrons. The van der Waals surface area contributed by atoms with E-state index < -0.39 is 0 Å². The Hall–Kier alpha value is -2.34. The smallest absolute Gasteiger partial charge is 0.221 e. The monoisotopic (exact) mass is 329 g/mol. The molecule has 0 spiro atoms. The summed E-state index contributed by atoms with van der Waals surface area (Å²) in [5.74, 6) is 0.933. The van der Waals surface area contributed by atoms with Gasteiger partial charge in [0.2, 0.25) is 5.91 Å². The molecular formula is C17H16FN3OS. The zero-order valence-corrected chi connectivity index (χ0v) is 13.2.